The number of aliphatic hydroxyl groups excluding tert-OH is 1. The molecule has 1 fully saturated rings. The smallest absolute Gasteiger partial charge is 0.243 e. The Labute approximate surface area is 115 Å². The number of nitrogens with zero attached hydrogens (tertiary/aromatic N) is 1. The monoisotopic (exact) mass is 283 g/mol. The first-order chi connectivity index (χ1) is 9.07. The molecule has 1 aliphatic rings. The molecule has 1 aliphatic heterocycles. The van der Waals surface area contributed by atoms with Gasteiger partial charge in [-0.25, -0.2) is 8.42 Å². The Morgan fingerprint density at radius 2 is 2.05 bits per heavy atom. The van der Waals surface area contributed by atoms with E-state index in [0.717, 1.165) is 24.8 Å². The van der Waals surface area contributed by atoms with E-state index in [1.54, 1.807) is 16.4 Å². The van der Waals surface area contributed by atoms with E-state index in [9.17, 15) is 8.42 Å². The minimum Gasteiger partial charge on any atom is -0.396 e. The molecule has 4 nitrogen and oxygen atoms in total. The van der Waals surface area contributed by atoms with Crippen molar-refractivity contribution in [3.05, 3.63) is 29.8 Å². The number of sulfonamides is 1. The third kappa shape index (κ3) is 2.99. The Hall–Kier alpha value is -0.910. The lowest BCUT2D eigenvalue weighted by Gasteiger charge is -2.34. The summed E-state index contributed by atoms with van der Waals surface area (Å²) in [5.74, 6) is 0. The Bertz CT molecular complexity index is 525. The molecule has 1 atom stereocenters. The summed E-state index contributed by atoms with van der Waals surface area (Å²) < 4.78 is 27.1. The van der Waals surface area contributed by atoms with Gasteiger partial charge in [0.15, 0.2) is 0 Å². The van der Waals surface area contributed by atoms with E-state index in [0.29, 0.717) is 17.9 Å². The van der Waals surface area contributed by atoms with Gasteiger partial charge in [-0.3, -0.25) is 0 Å². The highest BCUT2D eigenvalue weighted by Gasteiger charge is 2.33. The summed E-state index contributed by atoms with van der Waals surface area (Å²) in [7, 11) is -3.44. The van der Waals surface area contributed by atoms with Gasteiger partial charge in [-0.15, -0.1) is 0 Å². The van der Waals surface area contributed by atoms with E-state index in [4.69, 9.17) is 5.11 Å². The maximum absolute atomic E-state index is 12.7. The highest BCUT2D eigenvalue weighted by Crippen LogP contribution is 2.28. The van der Waals surface area contributed by atoms with Crippen molar-refractivity contribution < 1.29 is 13.5 Å². The van der Waals surface area contributed by atoms with Crippen LogP contribution < -0.4 is 0 Å². The molecule has 1 aromatic carbocycles. The van der Waals surface area contributed by atoms with Crippen molar-refractivity contribution in [1.82, 2.24) is 4.31 Å². The molecular weight excluding hydrogens is 262 g/mol. The van der Waals surface area contributed by atoms with E-state index in [1.807, 2.05) is 19.1 Å². The molecule has 0 aliphatic carbocycles. The fourth-order valence-corrected chi connectivity index (χ4v) is 4.65. The molecule has 0 amide bonds. The van der Waals surface area contributed by atoms with E-state index < -0.39 is 10.0 Å². The second kappa shape index (κ2) is 6.03. The van der Waals surface area contributed by atoms with Gasteiger partial charge in [0.25, 0.3) is 0 Å². The van der Waals surface area contributed by atoms with Crippen LogP contribution in [-0.4, -0.2) is 37.0 Å². The summed E-state index contributed by atoms with van der Waals surface area (Å²) >= 11 is 0. The minimum absolute atomic E-state index is 0.0322. The van der Waals surface area contributed by atoms with Crippen LogP contribution >= 0.6 is 0 Å². The number of rotatable bonds is 4. The largest absolute Gasteiger partial charge is 0.396 e. The molecule has 5 heteroatoms. The maximum Gasteiger partial charge on any atom is 0.243 e. The average molecular weight is 283 g/mol. The van der Waals surface area contributed by atoms with Crippen molar-refractivity contribution >= 4 is 10.0 Å². The molecule has 106 valence electrons. The molecule has 2 rings (SSSR count). The van der Waals surface area contributed by atoms with Gasteiger partial charge in [0.2, 0.25) is 10.0 Å². The summed E-state index contributed by atoms with van der Waals surface area (Å²) in [6.07, 6.45) is 3.29. The molecule has 0 radical (unpaired) electrons. The van der Waals surface area contributed by atoms with Crippen LogP contribution in [0.4, 0.5) is 0 Å². The summed E-state index contributed by atoms with van der Waals surface area (Å²) in [5, 5.41) is 9.11. The van der Waals surface area contributed by atoms with Gasteiger partial charge in [-0.2, -0.15) is 4.31 Å². The fraction of sp³-hybridized carbons (Fsp3) is 0.571. The van der Waals surface area contributed by atoms with Crippen LogP contribution in [0.2, 0.25) is 0 Å². The van der Waals surface area contributed by atoms with Gasteiger partial charge in [-0.1, -0.05) is 24.6 Å². The van der Waals surface area contributed by atoms with Crippen LogP contribution in [0.25, 0.3) is 0 Å². The number of piperidine rings is 1. The van der Waals surface area contributed by atoms with Crippen LogP contribution in [0.15, 0.2) is 29.2 Å². The maximum atomic E-state index is 12.7. The first kappa shape index (κ1) is 14.5. The van der Waals surface area contributed by atoms with Crippen molar-refractivity contribution in [2.45, 2.75) is 43.5 Å². The van der Waals surface area contributed by atoms with Crippen LogP contribution in [-0.2, 0) is 10.0 Å². The van der Waals surface area contributed by atoms with Gasteiger partial charge in [0, 0.05) is 19.2 Å². The number of benzene rings is 1. The predicted octanol–water partition coefficient (Wildman–Crippen LogP) is 1.92. The van der Waals surface area contributed by atoms with Crippen molar-refractivity contribution in [2.75, 3.05) is 13.2 Å². The average Bonchev–Trinajstić information content (AvgIpc) is 2.40. The quantitative estimate of drug-likeness (QED) is 0.918. The Balaban J connectivity index is 2.35. The molecule has 0 aromatic heterocycles. The molecule has 19 heavy (non-hydrogen) atoms. The van der Waals surface area contributed by atoms with Crippen LogP contribution in [0.5, 0.6) is 0 Å². The predicted molar refractivity (Wildman–Crippen MR) is 74.4 cm³/mol. The minimum atomic E-state index is -3.44. The van der Waals surface area contributed by atoms with E-state index in [-0.39, 0.29) is 12.6 Å². The lowest BCUT2D eigenvalue weighted by Crippen LogP contribution is -2.44. The fourth-order valence-electron chi connectivity index (χ4n) is 2.70. The number of aryl methyl sites for hydroxylation is 1. The van der Waals surface area contributed by atoms with E-state index >= 15 is 0 Å². The SMILES string of the molecule is Cc1ccccc1S(=O)(=O)N1CCCCC1CCO. The van der Waals surface area contributed by atoms with Crippen LogP contribution in [0, 0.1) is 6.92 Å². The molecule has 1 saturated heterocycles. The molecule has 0 spiro atoms. The van der Waals surface area contributed by atoms with Gasteiger partial charge >= 0.3 is 0 Å². The third-order valence-corrected chi connectivity index (χ3v) is 5.83. The zero-order valence-electron chi connectivity index (χ0n) is 11.2. The van der Waals surface area contributed by atoms with E-state index in [2.05, 4.69) is 0 Å². The lowest BCUT2D eigenvalue weighted by atomic mass is 10.0. The zero-order valence-corrected chi connectivity index (χ0v) is 12.1. The molecule has 1 heterocycles. The Kier molecular flexibility index (Phi) is 4.60. The van der Waals surface area contributed by atoms with Crippen molar-refractivity contribution in [2.24, 2.45) is 0 Å². The van der Waals surface area contributed by atoms with Crippen LogP contribution in [0.1, 0.15) is 31.2 Å². The Morgan fingerprint density at radius 3 is 2.74 bits per heavy atom. The second-order valence-corrected chi connectivity index (χ2v) is 6.90. The summed E-state index contributed by atoms with van der Waals surface area (Å²) in [4.78, 5) is 0.389. The summed E-state index contributed by atoms with van der Waals surface area (Å²) in [6, 6.07) is 7.01. The lowest BCUT2D eigenvalue weighted by molar-refractivity contribution is 0.192. The molecule has 1 aromatic rings. The first-order valence-electron chi connectivity index (χ1n) is 6.75. The van der Waals surface area contributed by atoms with Gasteiger partial charge in [0.05, 0.1) is 4.90 Å². The second-order valence-electron chi connectivity index (χ2n) is 5.04. The zero-order chi connectivity index (χ0) is 13.9. The van der Waals surface area contributed by atoms with Gasteiger partial charge in [-0.05, 0) is 37.8 Å². The highest BCUT2D eigenvalue weighted by atomic mass is 32.2. The molecule has 1 N–H and O–H groups in total. The van der Waals surface area contributed by atoms with Gasteiger partial charge < -0.3 is 5.11 Å². The molecular formula is C14H21NO3S. The van der Waals surface area contributed by atoms with Crippen molar-refractivity contribution in [1.29, 1.82) is 0 Å². The first-order valence-corrected chi connectivity index (χ1v) is 8.19. The summed E-state index contributed by atoms with van der Waals surface area (Å²) in [6.45, 7) is 2.41. The van der Waals surface area contributed by atoms with Crippen molar-refractivity contribution in [3.63, 3.8) is 0 Å². The Morgan fingerprint density at radius 1 is 1.32 bits per heavy atom. The number of aliphatic hydroxyl groups is 1. The highest BCUT2D eigenvalue weighted by molar-refractivity contribution is 7.89. The summed E-state index contributed by atoms with van der Waals surface area (Å²) in [5.41, 5.74) is 0.774. The molecule has 0 bridgehead atoms. The normalized spacial score (nSPS) is 21.5. The molecule has 1 unspecified atom stereocenters. The number of hydrogen-bond donors (Lipinski definition) is 1. The molecule has 0 saturated carbocycles. The topological polar surface area (TPSA) is 57.6 Å². The van der Waals surface area contributed by atoms with Crippen molar-refractivity contribution in [3.8, 4) is 0 Å². The third-order valence-electron chi connectivity index (χ3n) is 3.72. The standard InChI is InChI=1S/C14H21NO3S/c1-12-6-2-3-8-14(12)19(17,18)15-10-5-4-7-13(15)9-11-16/h2-3,6,8,13,16H,4-5,7,9-11H2,1H3. The van der Waals surface area contributed by atoms with Crippen LogP contribution in [0.3, 0.4) is 0 Å². The van der Waals surface area contributed by atoms with Gasteiger partial charge in [0.1, 0.15) is 0 Å². The number of hydrogen-bond acceptors (Lipinski definition) is 3. The van der Waals surface area contributed by atoms with E-state index in [1.165, 1.54) is 0 Å².